The Bertz CT molecular complexity index is 158. The van der Waals surface area contributed by atoms with E-state index in [1.165, 1.54) is 19.3 Å². The van der Waals surface area contributed by atoms with Crippen LogP contribution >= 0.6 is 0 Å². The van der Waals surface area contributed by atoms with E-state index in [0.29, 0.717) is 5.91 Å². The van der Waals surface area contributed by atoms with Gasteiger partial charge >= 0.3 is 0 Å². The molecule has 0 unspecified atom stereocenters. The molecule has 0 aromatic carbocycles. The van der Waals surface area contributed by atoms with Crippen molar-refractivity contribution in [2.45, 2.75) is 19.3 Å². The summed E-state index contributed by atoms with van der Waals surface area (Å²) in [5, 5.41) is 0. The van der Waals surface area contributed by atoms with Crippen LogP contribution < -0.4 is 17.0 Å². The van der Waals surface area contributed by atoms with Gasteiger partial charge in [0.25, 0.3) is 5.91 Å². The standard InChI is InChI=1S/C9H18NOS.BrH/c1-12(2)8-9(11)10-6-4-3-5-7-10;/h3-8H2,1-2H3;1H/q+1;/p-1. The van der Waals surface area contributed by atoms with E-state index in [2.05, 4.69) is 12.5 Å². The lowest BCUT2D eigenvalue weighted by molar-refractivity contribution is -0.129. The lowest BCUT2D eigenvalue weighted by Crippen LogP contribution is -3.00. The molecule has 1 fully saturated rings. The van der Waals surface area contributed by atoms with E-state index in [4.69, 9.17) is 0 Å². The summed E-state index contributed by atoms with van der Waals surface area (Å²) in [7, 11) is 0.261. The van der Waals surface area contributed by atoms with Gasteiger partial charge in [-0.2, -0.15) is 0 Å². The maximum absolute atomic E-state index is 11.5. The molecule has 0 saturated carbocycles. The Hall–Kier alpha value is 0.300. The molecule has 0 N–H and O–H groups in total. The van der Waals surface area contributed by atoms with Crippen LogP contribution in [0.15, 0.2) is 0 Å². The van der Waals surface area contributed by atoms with Crippen LogP contribution in [0.3, 0.4) is 0 Å². The molecule has 0 aromatic heterocycles. The molecule has 13 heavy (non-hydrogen) atoms. The van der Waals surface area contributed by atoms with Crippen molar-refractivity contribution >= 4 is 16.8 Å². The Kier molecular flexibility index (Phi) is 6.86. The molecule has 1 amide bonds. The number of amides is 1. The van der Waals surface area contributed by atoms with E-state index in [-0.39, 0.29) is 27.9 Å². The third-order valence-corrected chi connectivity index (χ3v) is 2.95. The molecule has 1 rings (SSSR count). The van der Waals surface area contributed by atoms with E-state index in [9.17, 15) is 4.79 Å². The van der Waals surface area contributed by atoms with Gasteiger partial charge in [0.1, 0.15) is 0 Å². The minimum atomic E-state index is 0. The second-order valence-corrected chi connectivity index (χ2v) is 5.83. The molecular formula is C9H18BrNOS. The second kappa shape index (κ2) is 6.71. The van der Waals surface area contributed by atoms with Crippen molar-refractivity contribution < 1.29 is 21.8 Å². The Labute approximate surface area is 94.2 Å². The van der Waals surface area contributed by atoms with E-state index in [1.807, 2.05) is 4.90 Å². The molecule has 0 atom stereocenters. The molecule has 0 radical (unpaired) electrons. The summed E-state index contributed by atoms with van der Waals surface area (Å²) in [6.45, 7) is 1.99. The van der Waals surface area contributed by atoms with Crippen molar-refractivity contribution in [1.29, 1.82) is 0 Å². The number of nitrogens with zero attached hydrogens (tertiary/aromatic N) is 1. The van der Waals surface area contributed by atoms with Crippen LogP contribution in [0, 0.1) is 0 Å². The quantitative estimate of drug-likeness (QED) is 0.525. The number of hydrogen-bond donors (Lipinski definition) is 0. The maximum atomic E-state index is 11.5. The number of carbonyl (C=O) groups excluding carboxylic acids is 1. The van der Waals surface area contributed by atoms with E-state index in [1.54, 1.807) is 0 Å². The highest BCUT2D eigenvalue weighted by molar-refractivity contribution is 7.96. The molecule has 4 heteroatoms. The number of carbonyl (C=O) groups is 1. The first-order chi connectivity index (χ1) is 5.70. The fourth-order valence-corrected chi connectivity index (χ4v) is 2.16. The van der Waals surface area contributed by atoms with Crippen LogP contribution in [0.25, 0.3) is 0 Å². The van der Waals surface area contributed by atoms with Crippen molar-refractivity contribution in [3.05, 3.63) is 0 Å². The molecule has 1 aliphatic rings. The minimum absolute atomic E-state index is 0. The van der Waals surface area contributed by atoms with Gasteiger partial charge in [0, 0.05) is 13.1 Å². The molecule has 78 valence electrons. The highest BCUT2D eigenvalue weighted by Gasteiger charge is 2.20. The zero-order chi connectivity index (χ0) is 8.97. The molecule has 1 aliphatic heterocycles. The average molecular weight is 268 g/mol. The fourth-order valence-electron chi connectivity index (χ4n) is 1.48. The summed E-state index contributed by atoms with van der Waals surface area (Å²) in [5.74, 6) is 1.11. The summed E-state index contributed by atoms with van der Waals surface area (Å²) >= 11 is 0. The molecule has 2 nitrogen and oxygen atoms in total. The van der Waals surface area contributed by atoms with Gasteiger partial charge in [-0.15, -0.1) is 0 Å². The SMILES string of the molecule is C[S+](C)CC(=O)N1CCCCC1.[Br-]. The Morgan fingerprint density at radius 2 is 1.77 bits per heavy atom. The van der Waals surface area contributed by atoms with Gasteiger partial charge in [-0.3, -0.25) is 4.79 Å². The Morgan fingerprint density at radius 3 is 2.23 bits per heavy atom. The molecule has 1 saturated heterocycles. The summed E-state index contributed by atoms with van der Waals surface area (Å²) in [5.41, 5.74) is 0. The summed E-state index contributed by atoms with van der Waals surface area (Å²) in [6, 6.07) is 0. The van der Waals surface area contributed by atoms with E-state index in [0.717, 1.165) is 18.8 Å². The first-order valence-corrected chi connectivity index (χ1v) is 6.73. The first-order valence-electron chi connectivity index (χ1n) is 4.52. The van der Waals surface area contributed by atoms with Crippen molar-refractivity contribution in [1.82, 2.24) is 4.90 Å². The third-order valence-electron chi connectivity index (χ3n) is 2.12. The lowest BCUT2D eigenvalue weighted by atomic mass is 10.1. The lowest BCUT2D eigenvalue weighted by Gasteiger charge is -2.25. The monoisotopic (exact) mass is 267 g/mol. The fraction of sp³-hybridized carbons (Fsp3) is 0.889. The van der Waals surface area contributed by atoms with Gasteiger partial charge in [0.05, 0.1) is 12.5 Å². The maximum Gasteiger partial charge on any atom is 0.272 e. The first kappa shape index (κ1) is 13.3. The summed E-state index contributed by atoms with van der Waals surface area (Å²) in [6.07, 6.45) is 7.96. The number of hydrogen-bond acceptors (Lipinski definition) is 1. The van der Waals surface area contributed by atoms with Crippen LogP contribution in [0.4, 0.5) is 0 Å². The number of rotatable bonds is 2. The zero-order valence-corrected chi connectivity index (χ0v) is 10.8. The highest BCUT2D eigenvalue weighted by atomic mass is 79.9. The normalized spacial score (nSPS) is 17.0. The van der Waals surface area contributed by atoms with E-state index >= 15 is 0 Å². The highest BCUT2D eigenvalue weighted by Crippen LogP contribution is 2.09. The van der Waals surface area contributed by atoms with Crippen LogP contribution in [-0.4, -0.2) is 42.2 Å². The van der Waals surface area contributed by atoms with Gasteiger partial charge in [-0.05, 0) is 30.2 Å². The van der Waals surface area contributed by atoms with Gasteiger partial charge < -0.3 is 21.9 Å². The van der Waals surface area contributed by atoms with Crippen LogP contribution in [0.1, 0.15) is 19.3 Å². The number of piperidine rings is 1. The molecule has 0 aromatic rings. The van der Waals surface area contributed by atoms with Gasteiger partial charge in [0.15, 0.2) is 5.75 Å². The molecule has 0 spiro atoms. The van der Waals surface area contributed by atoms with Crippen LogP contribution in [-0.2, 0) is 15.7 Å². The third kappa shape index (κ3) is 4.91. The van der Waals surface area contributed by atoms with Crippen molar-refractivity contribution in [3.8, 4) is 0 Å². The molecule has 0 bridgehead atoms. The van der Waals surface area contributed by atoms with Crippen molar-refractivity contribution in [3.63, 3.8) is 0 Å². The topological polar surface area (TPSA) is 20.3 Å². The smallest absolute Gasteiger partial charge is 0.272 e. The molecular weight excluding hydrogens is 250 g/mol. The summed E-state index contributed by atoms with van der Waals surface area (Å²) in [4.78, 5) is 13.6. The minimum Gasteiger partial charge on any atom is -1.00 e. The van der Waals surface area contributed by atoms with Crippen LogP contribution in [0.5, 0.6) is 0 Å². The van der Waals surface area contributed by atoms with E-state index < -0.39 is 0 Å². The second-order valence-electron chi connectivity index (χ2n) is 3.57. The Balaban J connectivity index is 0.00000144. The number of halogens is 1. The molecule has 0 aliphatic carbocycles. The van der Waals surface area contributed by atoms with Gasteiger partial charge in [-0.25, -0.2) is 0 Å². The van der Waals surface area contributed by atoms with Crippen LogP contribution in [0.2, 0.25) is 0 Å². The molecule has 1 heterocycles. The largest absolute Gasteiger partial charge is 1.00 e. The van der Waals surface area contributed by atoms with Crippen molar-refractivity contribution in [2.75, 3.05) is 31.4 Å². The van der Waals surface area contributed by atoms with Gasteiger partial charge in [-0.1, -0.05) is 0 Å². The average Bonchev–Trinajstić information content (AvgIpc) is 2.05. The zero-order valence-electron chi connectivity index (χ0n) is 8.38. The predicted octanol–water partition coefficient (Wildman–Crippen LogP) is -2.12. The number of likely N-dealkylation sites (tertiary alicyclic amines) is 1. The Morgan fingerprint density at radius 1 is 1.23 bits per heavy atom. The summed E-state index contributed by atoms with van der Waals surface area (Å²) < 4.78 is 0. The van der Waals surface area contributed by atoms with Crippen molar-refractivity contribution in [2.24, 2.45) is 0 Å². The van der Waals surface area contributed by atoms with Gasteiger partial charge in [0.2, 0.25) is 0 Å². The predicted molar refractivity (Wildman–Crippen MR) is 54.5 cm³/mol.